The van der Waals surface area contributed by atoms with E-state index in [1.54, 1.807) is 6.92 Å². The third kappa shape index (κ3) is 2.44. The normalized spacial score (nSPS) is 20.4. The first-order valence-electron chi connectivity index (χ1n) is 4.46. The Kier molecular flexibility index (Phi) is 4.39. The number of aliphatic hydroxyl groups is 1. The highest BCUT2D eigenvalue weighted by Crippen LogP contribution is 2.37. The van der Waals surface area contributed by atoms with Crippen molar-refractivity contribution >= 4 is 21.9 Å². The number of hydrogen-bond acceptors (Lipinski definition) is 2. The van der Waals surface area contributed by atoms with E-state index >= 15 is 0 Å². The van der Waals surface area contributed by atoms with Gasteiger partial charge in [0.25, 0.3) is 0 Å². The van der Waals surface area contributed by atoms with E-state index in [0.29, 0.717) is 12.8 Å². The Morgan fingerprint density at radius 3 is 2.15 bits per heavy atom. The molecule has 2 N–H and O–H groups in total. The first-order chi connectivity index (χ1) is 5.81. The maximum Gasteiger partial charge on any atom is 0.323 e. The third-order valence-corrected chi connectivity index (χ3v) is 3.60. The number of alkyl halides is 1. The number of carbonyl (C=O) groups is 1. The molecule has 0 fully saturated rings. The molecular formula is C9H17BrO3. The molecule has 0 unspecified atom stereocenters. The molecule has 0 aromatic carbocycles. The molecule has 0 aliphatic carbocycles. The van der Waals surface area contributed by atoms with Crippen LogP contribution < -0.4 is 0 Å². The molecule has 0 spiro atoms. The molecule has 0 saturated carbocycles. The highest BCUT2D eigenvalue weighted by Gasteiger charge is 2.49. The minimum absolute atomic E-state index is 0.425. The van der Waals surface area contributed by atoms with Crippen molar-refractivity contribution in [3.63, 3.8) is 0 Å². The summed E-state index contributed by atoms with van der Waals surface area (Å²) in [6.45, 7) is 5.21. The first-order valence-corrected chi connectivity index (χ1v) is 5.25. The van der Waals surface area contributed by atoms with Gasteiger partial charge in [0.05, 0.1) is 5.60 Å². The van der Waals surface area contributed by atoms with Crippen molar-refractivity contribution < 1.29 is 15.0 Å². The van der Waals surface area contributed by atoms with Crippen LogP contribution in [0.4, 0.5) is 0 Å². The van der Waals surface area contributed by atoms with E-state index in [0.717, 1.165) is 6.42 Å². The van der Waals surface area contributed by atoms with Gasteiger partial charge in [-0.2, -0.15) is 0 Å². The second-order valence-corrected chi connectivity index (χ2v) is 5.03. The van der Waals surface area contributed by atoms with Crippen LogP contribution in [0.25, 0.3) is 0 Å². The molecular weight excluding hydrogens is 236 g/mol. The number of rotatable bonds is 5. The van der Waals surface area contributed by atoms with E-state index in [1.165, 1.54) is 6.92 Å². The summed E-state index contributed by atoms with van der Waals surface area (Å²) in [5.41, 5.74) is -1.17. The van der Waals surface area contributed by atoms with Crippen LogP contribution in [-0.2, 0) is 4.79 Å². The van der Waals surface area contributed by atoms with Crippen molar-refractivity contribution in [1.29, 1.82) is 0 Å². The predicted octanol–water partition coefficient (Wildman–Crippen LogP) is 2.17. The van der Waals surface area contributed by atoms with Crippen molar-refractivity contribution in [2.45, 2.75) is 50.0 Å². The maximum atomic E-state index is 10.9. The number of aliphatic carboxylic acids is 1. The van der Waals surface area contributed by atoms with E-state index in [4.69, 9.17) is 5.11 Å². The van der Waals surface area contributed by atoms with Crippen molar-refractivity contribution in [1.82, 2.24) is 0 Å². The van der Waals surface area contributed by atoms with Crippen LogP contribution >= 0.6 is 15.9 Å². The largest absolute Gasteiger partial charge is 0.480 e. The fraction of sp³-hybridized carbons (Fsp3) is 0.889. The van der Waals surface area contributed by atoms with Crippen LogP contribution in [-0.4, -0.2) is 26.1 Å². The molecule has 0 heterocycles. The Morgan fingerprint density at radius 2 is 1.92 bits per heavy atom. The van der Waals surface area contributed by atoms with Crippen LogP contribution in [0, 0.1) is 0 Å². The SMILES string of the molecule is CCC[C@@](O)(CC)[C@@](C)(Br)C(=O)O. The van der Waals surface area contributed by atoms with Crippen LogP contribution in [0.2, 0.25) is 0 Å². The van der Waals surface area contributed by atoms with Gasteiger partial charge in [-0.15, -0.1) is 0 Å². The molecule has 3 nitrogen and oxygen atoms in total. The molecule has 13 heavy (non-hydrogen) atoms. The fourth-order valence-electron chi connectivity index (χ4n) is 1.36. The first kappa shape index (κ1) is 12.9. The summed E-state index contributed by atoms with van der Waals surface area (Å²) in [6, 6.07) is 0. The van der Waals surface area contributed by atoms with Crippen molar-refractivity contribution in [2.75, 3.05) is 0 Å². The summed E-state index contributed by atoms with van der Waals surface area (Å²) in [6.07, 6.45) is 1.67. The summed E-state index contributed by atoms with van der Waals surface area (Å²) < 4.78 is -1.26. The molecule has 0 aliphatic rings. The number of carboxylic acid groups (broad SMARTS) is 1. The minimum atomic E-state index is -1.26. The maximum absolute atomic E-state index is 10.9. The van der Waals surface area contributed by atoms with Gasteiger partial charge in [0.15, 0.2) is 0 Å². The topological polar surface area (TPSA) is 57.5 Å². The molecule has 0 aromatic heterocycles. The monoisotopic (exact) mass is 252 g/mol. The van der Waals surface area contributed by atoms with Gasteiger partial charge in [-0.25, -0.2) is 0 Å². The zero-order chi connectivity index (χ0) is 10.7. The second-order valence-electron chi connectivity index (χ2n) is 3.44. The van der Waals surface area contributed by atoms with Gasteiger partial charge in [0.2, 0.25) is 0 Å². The summed E-state index contributed by atoms with van der Waals surface area (Å²) in [5.74, 6) is -1.02. The molecule has 2 atom stereocenters. The molecule has 0 bridgehead atoms. The Hall–Kier alpha value is -0.0900. The van der Waals surface area contributed by atoms with E-state index in [2.05, 4.69) is 15.9 Å². The highest BCUT2D eigenvalue weighted by molar-refractivity contribution is 9.10. The molecule has 0 rings (SSSR count). The number of hydrogen-bond donors (Lipinski definition) is 2. The van der Waals surface area contributed by atoms with E-state index in [1.807, 2.05) is 6.92 Å². The lowest BCUT2D eigenvalue weighted by Crippen LogP contribution is -2.52. The smallest absolute Gasteiger partial charge is 0.323 e. The molecule has 4 heteroatoms. The molecule has 78 valence electrons. The van der Waals surface area contributed by atoms with Gasteiger partial charge >= 0.3 is 5.97 Å². The molecule has 0 aliphatic heterocycles. The quantitative estimate of drug-likeness (QED) is 0.738. The van der Waals surface area contributed by atoms with Crippen molar-refractivity contribution in [3.05, 3.63) is 0 Å². The Bertz CT molecular complexity index is 191. The Balaban J connectivity index is 4.82. The van der Waals surface area contributed by atoms with Crippen LogP contribution in [0.15, 0.2) is 0 Å². The van der Waals surface area contributed by atoms with E-state index < -0.39 is 15.9 Å². The van der Waals surface area contributed by atoms with Crippen molar-refractivity contribution in [3.8, 4) is 0 Å². The van der Waals surface area contributed by atoms with Gasteiger partial charge in [0.1, 0.15) is 4.32 Å². The lowest BCUT2D eigenvalue weighted by Gasteiger charge is -2.37. The third-order valence-electron chi connectivity index (χ3n) is 2.52. The zero-order valence-electron chi connectivity index (χ0n) is 8.30. The summed E-state index contributed by atoms with van der Waals surface area (Å²) in [5, 5.41) is 19.0. The summed E-state index contributed by atoms with van der Waals surface area (Å²) in [4.78, 5) is 10.9. The lowest BCUT2D eigenvalue weighted by molar-refractivity contribution is -0.147. The van der Waals surface area contributed by atoms with Gasteiger partial charge < -0.3 is 10.2 Å². The molecule has 0 amide bonds. The fourth-order valence-corrected chi connectivity index (χ4v) is 1.83. The number of halogens is 1. The standard InChI is InChI=1S/C9H17BrO3/c1-4-6-9(13,5-2)8(3,10)7(11)12/h13H,4-6H2,1-3H3,(H,11,12)/t8-,9-/m0/s1. The average Bonchev–Trinajstić information content (AvgIpc) is 2.04. The van der Waals surface area contributed by atoms with Crippen LogP contribution in [0.1, 0.15) is 40.0 Å². The zero-order valence-corrected chi connectivity index (χ0v) is 9.89. The molecule has 0 saturated heterocycles. The van der Waals surface area contributed by atoms with Crippen molar-refractivity contribution in [2.24, 2.45) is 0 Å². The van der Waals surface area contributed by atoms with Gasteiger partial charge in [-0.3, -0.25) is 4.79 Å². The summed E-state index contributed by atoms with van der Waals surface area (Å²) >= 11 is 3.08. The van der Waals surface area contributed by atoms with Gasteiger partial charge in [-0.05, 0) is 19.8 Å². The molecule has 0 radical (unpaired) electrons. The van der Waals surface area contributed by atoms with Gasteiger partial charge in [0, 0.05) is 0 Å². The highest BCUT2D eigenvalue weighted by atomic mass is 79.9. The summed E-state index contributed by atoms with van der Waals surface area (Å²) in [7, 11) is 0. The average molecular weight is 253 g/mol. The number of carboxylic acids is 1. The Morgan fingerprint density at radius 1 is 1.46 bits per heavy atom. The van der Waals surface area contributed by atoms with Crippen LogP contribution in [0.5, 0.6) is 0 Å². The van der Waals surface area contributed by atoms with Gasteiger partial charge in [-0.1, -0.05) is 36.2 Å². The lowest BCUT2D eigenvalue weighted by atomic mass is 9.82. The molecule has 0 aromatic rings. The second kappa shape index (κ2) is 4.42. The van der Waals surface area contributed by atoms with E-state index in [-0.39, 0.29) is 0 Å². The predicted molar refractivity (Wildman–Crippen MR) is 55.1 cm³/mol. The van der Waals surface area contributed by atoms with E-state index in [9.17, 15) is 9.90 Å². The van der Waals surface area contributed by atoms with Crippen LogP contribution in [0.3, 0.4) is 0 Å². The minimum Gasteiger partial charge on any atom is -0.480 e. The Labute approximate surface area is 87.3 Å².